The number of benzene rings is 2. The third-order valence-electron chi connectivity index (χ3n) is 3.36. The average molecular weight is 239 g/mol. The first-order chi connectivity index (χ1) is 8.66. The fourth-order valence-corrected chi connectivity index (χ4v) is 2.22. The van der Waals surface area contributed by atoms with Gasteiger partial charge in [0.25, 0.3) is 0 Å². The van der Waals surface area contributed by atoms with Crippen LogP contribution < -0.4 is 0 Å². The van der Waals surface area contributed by atoms with E-state index in [9.17, 15) is 0 Å². The Bertz CT molecular complexity index is 471. The van der Waals surface area contributed by atoms with Gasteiger partial charge in [0.2, 0.25) is 0 Å². The van der Waals surface area contributed by atoms with E-state index in [4.69, 9.17) is 0 Å². The molecule has 1 nitrogen and oxygen atoms in total. The molecule has 0 aliphatic rings. The summed E-state index contributed by atoms with van der Waals surface area (Å²) in [5.41, 5.74) is 4.09. The Labute approximate surface area is 110 Å². The van der Waals surface area contributed by atoms with Gasteiger partial charge >= 0.3 is 0 Å². The topological polar surface area (TPSA) is 3.24 Å². The fourth-order valence-electron chi connectivity index (χ4n) is 2.22. The maximum absolute atomic E-state index is 2.29. The number of likely N-dealkylation sites (N-methyl/N-ethyl adjacent to an activating group) is 1. The van der Waals surface area contributed by atoms with Gasteiger partial charge in [-0.3, -0.25) is 0 Å². The van der Waals surface area contributed by atoms with Crippen molar-refractivity contribution < 1.29 is 0 Å². The third-order valence-corrected chi connectivity index (χ3v) is 3.36. The zero-order valence-electron chi connectivity index (χ0n) is 11.4. The van der Waals surface area contributed by atoms with Gasteiger partial charge < -0.3 is 4.90 Å². The monoisotopic (exact) mass is 239 g/mol. The summed E-state index contributed by atoms with van der Waals surface area (Å²) in [5, 5.41) is 0. The summed E-state index contributed by atoms with van der Waals surface area (Å²) in [6, 6.07) is 20.0. The number of hydrogen-bond acceptors (Lipinski definition) is 1. The van der Waals surface area contributed by atoms with E-state index in [2.05, 4.69) is 80.5 Å². The summed E-state index contributed by atoms with van der Waals surface area (Å²) < 4.78 is 0. The Balaban J connectivity index is 2.21. The molecule has 2 aromatic rings. The van der Waals surface area contributed by atoms with Gasteiger partial charge in [-0.25, -0.2) is 0 Å². The van der Waals surface area contributed by atoms with Crippen LogP contribution in [0, 0.1) is 6.92 Å². The van der Waals surface area contributed by atoms with Crippen LogP contribution in [0.25, 0.3) is 0 Å². The molecule has 0 spiro atoms. The minimum atomic E-state index is 0.438. The van der Waals surface area contributed by atoms with Crippen molar-refractivity contribution in [2.45, 2.75) is 19.4 Å². The van der Waals surface area contributed by atoms with E-state index in [1.54, 1.807) is 0 Å². The first-order valence-electron chi connectivity index (χ1n) is 6.44. The predicted molar refractivity (Wildman–Crippen MR) is 77.8 cm³/mol. The van der Waals surface area contributed by atoms with Crippen LogP contribution in [0.4, 0.5) is 0 Å². The van der Waals surface area contributed by atoms with Crippen molar-refractivity contribution in [3.63, 3.8) is 0 Å². The van der Waals surface area contributed by atoms with Crippen molar-refractivity contribution in [3.05, 3.63) is 71.3 Å². The summed E-state index contributed by atoms with van der Waals surface area (Å²) in [7, 11) is 4.29. The lowest BCUT2D eigenvalue weighted by molar-refractivity contribution is 0.297. The minimum Gasteiger partial charge on any atom is -0.302 e. The number of hydrogen-bond donors (Lipinski definition) is 0. The van der Waals surface area contributed by atoms with Gasteiger partial charge in [-0.2, -0.15) is 0 Å². The van der Waals surface area contributed by atoms with Gasteiger partial charge in [0.1, 0.15) is 0 Å². The molecule has 0 amide bonds. The lowest BCUT2D eigenvalue weighted by Gasteiger charge is -2.25. The molecule has 0 unspecified atom stereocenters. The molecule has 0 aliphatic carbocycles. The Morgan fingerprint density at radius 2 is 1.50 bits per heavy atom. The first-order valence-corrected chi connectivity index (χ1v) is 6.44. The van der Waals surface area contributed by atoms with Crippen LogP contribution in [0.1, 0.15) is 22.7 Å². The average Bonchev–Trinajstić information content (AvgIpc) is 2.38. The van der Waals surface area contributed by atoms with Crippen LogP contribution in [0.3, 0.4) is 0 Å². The predicted octanol–water partition coefficient (Wildman–Crippen LogP) is 3.84. The van der Waals surface area contributed by atoms with E-state index < -0.39 is 0 Å². The molecule has 0 aromatic heterocycles. The molecule has 0 radical (unpaired) electrons. The van der Waals surface area contributed by atoms with Gasteiger partial charge in [-0.05, 0) is 38.6 Å². The van der Waals surface area contributed by atoms with E-state index >= 15 is 0 Å². The van der Waals surface area contributed by atoms with E-state index in [1.807, 2.05) is 0 Å². The molecule has 2 rings (SSSR count). The molecule has 0 fully saturated rings. The standard InChI is InChI=1S/C17H21N/c1-14-9-11-16(12-10-14)17(18(2)3)13-15-7-5-4-6-8-15/h4-12,17H,13H2,1-3H3/t17-/m0/s1. The second kappa shape index (κ2) is 5.83. The zero-order chi connectivity index (χ0) is 13.0. The van der Waals surface area contributed by atoms with E-state index in [0.717, 1.165) is 6.42 Å². The smallest absolute Gasteiger partial charge is 0.0382 e. The van der Waals surface area contributed by atoms with E-state index in [1.165, 1.54) is 16.7 Å². The SMILES string of the molecule is Cc1ccc([C@H](Cc2ccccc2)N(C)C)cc1. The van der Waals surface area contributed by atoms with Crippen LogP contribution in [0.15, 0.2) is 54.6 Å². The highest BCUT2D eigenvalue weighted by molar-refractivity contribution is 5.26. The molecule has 94 valence electrons. The highest BCUT2D eigenvalue weighted by Gasteiger charge is 2.14. The first kappa shape index (κ1) is 12.8. The number of aryl methyl sites for hydroxylation is 1. The van der Waals surface area contributed by atoms with Crippen molar-refractivity contribution >= 4 is 0 Å². The fraction of sp³-hybridized carbons (Fsp3) is 0.294. The molecule has 1 heteroatoms. The van der Waals surface area contributed by atoms with Crippen molar-refractivity contribution in [3.8, 4) is 0 Å². The molecule has 18 heavy (non-hydrogen) atoms. The van der Waals surface area contributed by atoms with Gasteiger partial charge in [0, 0.05) is 6.04 Å². The maximum atomic E-state index is 2.29. The molecule has 0 heterocycles. The van der Waals surface area contributed by atoms with E-state index in [0.29, 0.717) is 6.04 Å². The summed E-state index contributed by atoms with van der Waals surface area (Å²) in [4.78, 5) is 2.29. The molecular formula is C17H21N. The molecule has 0 saturated carbocycles. The lowest BCUT2D eigenvalue weighted by Crippen LogP contribution is -2.22. The van der Waals surface area contributed by atoms with E-state index in [-0.39, 0.29) is 0 Å². The second-order valence-electron chi connectivity index (χ2n) is 5.08. The van der Waals surface area contributed by atoms with Crippen LogP contribution >= 0.6 is 0 Å². The molecule has 2 aromatic carbocycles. The molecular weight excluding hydrogens is 218 g/mol. The molecule has 0 N–H and O–H groups in total. The number of rotatable bonds is 4. The van der Waals surface area contributed by atoms with Crippen LogP contribution in [0.5, 0.6) is 0 Å². The normalized spacial score (nSPS) is 12.7. The van der Waals surface area contributed by atoms with Crippen molar-refractivity contribution in [2.75, 3.05) is 14.1 Å². The Morgan fingerprint density at radius 1 is 0.889 bits per heavy atom. The Hall–Kier alpha value is -1.60. The van der Waals surface area contributed by atoms with Crippen LogP contribution in [0.2, 0.25) is 0 Å². The van der Waals surface area contributed by atoms with Gasteiger partial charge in [0.05, 0.1) is 0 Å². The second-order valence-corrected chi connectivity index (χ2v) is 5.08. The van der Waals surface area contributed by atoms with Gasteiger partial charge in [-0.15, -0.1) is 0 Å². The Kier molecular flexibility index (Phi) is 4.16. The summed E-state index contributed by atoms with van der Waals surface area (Å²) >= 11 is 0. The molecule has 0 aliphatic heterocycles. The van der Waals surface area contributed by atoms with Crippen molar-refractivity contribution in [1.82, 2.24) is 4.90 Å². The Morgan fingerprint density at radius 3 is 2.06 bits per heavy atom. The summed E-state index contributed by atoms with van der Waals surface area (Å²) in [6.45, 7) is 2.13. The van der Waals surface area contributed by atoms with Gasteiger partial charge in [0.15, 0.2) is 0 Å². The molecule has 0 bridgehead atoms. The lowest BCUT2D eigenvalue weighted by atomic mass is 9.97. The molecule has 0 saturated heterocycles. The van der Waals surface area contributed by atoms with Crippen molar-refractivity contribution in [2.24, 2.45) is 0 Å². The quantitative estimate of drug-likeness (QED) is 0.783. The summed E-state index contributed by atoms with van der Waals surface area (Å²) in [6.07, 6.45) is 1.05. The zero-order valence-corrected chi connectivity index (χ0v) is 11.4. The number of nitrogens with zero attached hydrogens (tertiary/aromatic N) is 1. The van der Waals surface area contributed by atoms with Crippen molar-refractivity contribution in [1.29, 1.82) is 0 Å². The highest BCUT2D eigenvalue weighted by atomic mass is 15.1. The van der Waals surface area contributed by atoms with Gasteiger partial charge in [-0.1, -0.05) is 60.2 Å². The third kappa shape index (κ3) is 3.21. The van der Waals surface area contributed by atoms with Crippen LogP contribution in [-0.2, 0) is 6.42 Å². The molecule has 1 atom stereocenters. The highest BCUT2D eigenvalue weighted by Crippen LogP contribution is 2.23. The largest absolute Gasteiger partial charge is 0.302 e. The maximum Gasteiger partial charge on any atom is 0.0382 e. The minimum absolute atomic E-state index is 0.438. The van der Waals surface area contributed by atoms with Crippen LogP contribution in [-0.4, -0.2) is 19.0 Å². The summed E-state index contributed by atoms with van der Waals surface area (Å²) in [5.74, 6) is 0.